The Labute approximate surface area is 125 Å². The molecule has 114 valence electrons. The largest absolute Gasteiger partial charge is 0.479 e. The minimum Gasteiger partial charge on any atom is -0.479 e. The molecule has 0 bridgehead atoms. The molecule has 1 aliphatic rings. The van der Waals surface area contributed by atoms with Gasteiger partial charge in [-0.1, -0.05) is 26.0 Å². The Kier molecular flexibility index (Phi) is 5.33. The summed E-state index contributed by atoms with van der Waals surface area (Å²) in [5, 5.41) is 14.4. The van der Waals surface area contributed by atoms with Gasteiger partial charge in [-0.15, -0.1) is 0 Å². The molecule has 1 N–H and O–H groups in total. The van der Waals surface area contributed by atoms with E-state index in [-0.39, 0.29) is 16.7 Å². The normalized spacial score (nSPS) is 18.0. The maximum absolute atomic E-state index is 11.1. The molecule has 0 spiro atoms. The third-order valence-corrected chi connectivity index (χ3v) is 3.42. The van der Waals surface area contributed by atoms with Gasteiger partial charge in [0.1, 0.15) is 6.10 Å². The van der Waals surface area contributed by atoms with E-state index in [1.807, 2.05) is 6.08 Å². The van der Waals surface area contributed by atoms with Gasteiger partial charge >= 0.3 is 5.69 Å². The van der Waals surface area contributed by atoms with E-state index >= 15 is 0 Å². The van der Waals surface area contributed by atoms with Crippen molar-refractivity contribution in [3.63, 3.8) is 0 Å². The number of hydrogen-bond acceptors (Lipinski definition) is 4. The van der Waals surface area contributed by atoms with Crippen LogP contribution in [-0.2, 0) is 6.54 Å². The topological polar surface area (TPSA) is 64.4 Å². The molecule has 5 heteroatoms. The summed E-state index contributed by atoms with van der Waals surface area (Å²) in [7, 11) is 0. The Morgan fingerprint density at radius 2 is 2.29 bits per heavy atom. The third-order valence-electron chi connectivity index (χ3n) is 3.42. The Balaban J connectivity index is 2.17. The summed E-state index contributed by atoms with van der Waals surface area (Å²) < 4.78 is 5.84. The van der Waals surface area contributed by atoms with Crippen LogP contribution in [0.4, 0.5) is 5.69 Å². The van der Waals surface area contributed by atoms with E-state index in [0.29, 0.717) is 18.3 Å². The van der Waals surface area contributed by atoms with Gasteiger partial charge in [-0.25, -0.2) is 0 Å². The third kappa shape index (κ3) is 4.56. The molecular formula is C16H22N2O3. The van der Waals surface area contributed by atoms with Gasteiger partial charge in [0.25, 0.3) is 0 Å². The zero-order chi connectivity index (χ0) is 15.2. The highest BCUT2D eigenvalue weighted by Crippen LogP contribution is 2.30. The van der Waals surface area contributed by atoms with Crippen molar-refractivity contribution in [1.29, 1.82) is 0 Å². The number of nitro benzene ring substituents is 1. The van der Waals surface area contributed by atoms with Gasteiger partial charge in [-0.2, -0.15) is 0 Å². The van der Waals surface area contributed by atoms with Crippen molar-refractivity contribution in [3.05, 3.63) is 46.0 Å². The van der Waals surface area contributed by atoms with Crippen LogP contribution in [0.3, 0.4) is 0 Å². The monoisotopic (exact) mass is 290 g/mol. The number of rotatable bonds is 6. The molecule has 0 amide bonds. The van der Waals surface area contributed by atoms with Gasteiger partial charge in [0.05, 0.1) is 4.92 Å². The van der Waals surface area contributed by atoms with Crippen LogP contribution in [0.5, 0.6) is 5.75 Å². The molecular weight excluding hydrogens is 268 g/mol. The van der Waals surface area contributed by atoms with Gasteiger partial charge in [-0.3, -0.25) is 10.1 Å². The highest BCUT2D eigenvalue weighted by atomic mass is 16.6. The van der Waals surface area contributed by atoms with Crippen LogP contribution >= 0.6 is 0 Å². The van der Waals surface area contributed by atoms with E-state index in [0.717, 1.165) is 24.8 Å². The molecule has 1 aromatic rings. The molecule has 0 aliphatic heterocycles. The van der Waals surface area contributed by atoms with Crippen LogP contribution in [0.2, 0.25) is 0 Å². The number of nitro groups is 1. The van der Waals surface area contributed by atoms with Crippen molar-refractivity contribution in [2.24, 2.45) is 0 Å². The summed E-state index contributed by atoms with van der Waals surface area (Å²) in [5.41, 5.74) is 1.02. The first-order chi connectivity index (χ1) is 10.1. The van der Waals surface area contributed by atoms with E-state index in [9.17, 15) is 10.1 Å². The van der Waals surface area contributed by atoms with Crippen molar-refractivity contribution in [1.82, 2.24) is 5.32 Å². The second-order valence-electron chi connectivity index (χ2n) is 5.61. The van der Waals surface area contributed by atoms with Crippen LogP contribution < -0.4 is 10.1 Å². The minimum atomic E-state index is -0.387. The molecule has 0 aromatic heterocycles. The van der Waals surface area contributed by atoms with Gasteiger partial charge < -0.3 is 10.1 Å². The maximum atomic E-state index is 11.1. The van der Waals surface area contributed by atoms with Gasteiger partial charge in [-0.05, 0) is 37.0 Å². The molecule has 1 aliphatic carbocycles. The molecule has 1 aromatic carbocycles. The number of nitrogens with zero attached hydrogens (tertiary/aromatic N) is 1. The van der Waals surface area contributed by atoms with E-state index in [2.05, 4.69) is 25.2 Å². The molecule has 0 saturated heterocycles. The van der Waals surface area contributed by atoms with E-state index in [1.165, 1.54) is 6.07 Å². The average Bonchev–Trinajstić information content (AvgIpc) is 2.46. The fourth-order valence-corrected chi connectivity index (χ4v) is 2.28. The Bertz CT molecular complexity index is 526. The summed E-state index contributed by atoms with van der Waals surface area (Å²) >= 11 is 0. The lowest BCUT2D eigenvalue weighted by Gasteiger charge is -2.19. The van der Waals surface area contributed by atoms with Crippen molar-refractivity contribution in [2.75, 3.05) is 0 Å². The molecule has 21 heavy (non-hydrogen) atoms. The standard InChI is InChI=1S/C16H22N2O3/c1-12(2)17-11-13-8-9-15(18(19)20)16(10-13)21-14-6-4-3-5-7-14/h4,6,8-10,12,14,17H,3,5,7,11H2,1-2H3. The number of nitrogens with one attached hydrogen (secondary N) is 1. The van der Waals surface area contributed by atoms with Crippen LogP contribution in [0.15, 0.2) is 30.4 Å². The van der Waals surface area contributed by atoms with E-state index < -0.39 is 0 Å². The SMILES string of the molecule is CC(C)NCc1ccc([N+](=O)[O-])c(OC2C=CCCC2)c1. The Morgan fingerprint density at radius 3 is 2.90 bits per heavy atom. The van der Waals surface area contributed by atoms with Crippen LogP contribution in [0.25, 0.3) is 0 Å². The fraction of sp³-hybridized carbons (Fsp3) is 0.500. The first kappa shape index (κ1) is 15.5. The zero-order valence-corrected chi connectivity index (χ0v) is 12.5. The first-order valence-electron chi connectivity index (χ1n) is 7.40. The lowest BCUT2D eigenvalue weighted by Crippen LogP contribution is -2.22. The van der Waals surface area contributed by atoms with E-state index in [4.69, 9.17) is 4.74 Å². The molecule has 5 nitrogen and oxygen atoms in total. The molecule has 1 unspecified atom stereocenters. The highest BCUT2D eigenvalue weighted by molar-refractivity contribution is 5.48. The van der Waals surface area contributed by atoms with Crippen LogP contribution in [0, 0.1) is 10.1 Å². The van der Waals surface area contributed by atoms with Crippen molar-refractivity contribution < 1.29 is 9.66 Å². The van der Waals surface area contributed by atoms with Gasteiger partial charge in [0.15, 0.2) is 5.75 Å². The van der Waals surface area contributed by atoms with E-state index in [1.54, 1.807) is 12.1 Å². The first-order valence-corrected chi connectivity index (χ1v) is 7.40. The summed E-state index contributed by atoms with van der Waals surface area (Å²) in [6.45, 7) is 4.80. The summed E-state index contributed by atoms with van der Waals surface area (Å²) in [6.07, 6.45) is 7.02. The highest BCUT2D eigenvalue weighted by Gasteiger charge is 2.19. The second-order valence-corrected chi connectivity index (χ2v) is 5.61. The second kappa shape index (κ2) is 7.22. The van der Waals surface area contributed by atoms with Crippen LogP contribution in [-0.4, -0.2) is 17.1 Å². The Morgan fingerprint density at radius 1 is 1.48 bits per heavy atom. The predicted molar refractivity (Wildman–Crippen MR) is 82.5 cm³/mol. The Hall–Kier alpha value is -1.88. The molecule has 0 radical (unpaired) electrons. The van der Waals surface area contributed by atoms with Crippen LogP contribution in [0.1, 0.15) is 38.7 Å². The van der Waals surface area contributed by atoms with Crippen molar-refractivity contribution >= 4 is 5.69 Å². The number of ether oxygens (including phenoxy) is 1. The number of allylic oxidation sites excluding steroid dienone is 1. The lowest BCUT2D eigenvalue weighted by atomic mass is 10.1. The van der Waals surface area contributed by atoms with Crippen molar-refractivity contribution in [2.45, 2.75) is 51.8 Å². The average molecular weight is 290 g/mol. The molecule has 2 rings (SSSR count). The molecule has 0 saturated carbocycles. The predicted octanol–water partition coefficient (Wildman–Crippen LogP) is 3.58. The lowest BCUT2D eigenvalue weighted by molar-refractivity contribution is -0.386. The smallest absolute Gasteiger partial charge is 0.310 e. The molecule has 0 heterocycles. The fourth-order valence-electron chi connectivity index (χ4n) is 2.28. The van der Waals surface area contributed by atoms with Gasteiger partial charge in [0.2, 0.25) is 0 Å². The number of hydrogen-bond donors (Lipinski definition) is 1. The van der Waals surface area contributed by atoms with Crippen molar-refractivity contribution in [3.8, 4) is 5.75 Å². The summed E-state index contributed by atoms with van der Waals surface area (Å²) in [5.74, 6) is 0.361. The summed E-state index contributed by atoms with van der Waals surface area (Å²) in [4.78, 5) is 10.7. The maximum Gasteiger partial charge on any atom is 0.310 e. The summed E-state index contributed by atoms with van der Waals surface area (Å²) in [6, 6.07) is 5.44. The molecule has 1 atom stereocenters. The quantitative estimate of drug-likeness (QED) is 0.494. The van der Waals surface area contributed by atoms with Gasteiger partial charge in [0, 0.05) is 18.7 Å². The number of benzene rings is 1. The molecule has 0 fully saturated rings. The minimum absolute atomic E-state index is 0.0299. The zero-order valence-electron chi connectivity index (χ0n) is 12.5.